The van der Waals surface area contributed by atoms with Gasteiger partial charge in [-0.25, -0.2) is 0 Å². The van der Waals surface area contributed by atoms with Gasteiger partial charge in [-0.15, -0.1) is 0 Å². The van der Waals surface area contributed by atoms with Gasteiger partial charge in [0.15, 0.2) is 0 Å². The van der Waals surface area contributed by atoms with E-state index in [1.54, 1.807) is 0 Å². The van der Waals surface area contributed by atoms with Crippen LogP contribution in [-0.2, 0) is 0 Å². The Hall–Kier alpha value is -0.120. The van der Waals surface area contributed by atoms with Gasteiger partial charge in [0, 0.05) is 31.2 Å². The molecule has 1 N–H and O–H groups in total. The van der Waals surface area contributed by atoms with Crippen molar-refractivity contribution in [1.29, 1.82) is 0 Å². The first kappa shape index (κ1) is 16.9. The number of nitrogens with one attached hydrogen (secondary N) is 1. The molecule has 3 atom stereocenters. The molecule has 1 aliphatic rings. The summed E-state index contributed by atoms with van der Waals surface area (Å²) >= 11 is 0. The third kappa shape index (κ3) is 5.80. The van der Waals surface area contributed by atoms with Gasteiger partial charge in [-0.05, 0) is 59.7 Å². The van der Waals surface area contributed by atoms with Gasteiger partial charge in [0.2, 0.25) is 0 Å². The van der Waals surface area contributed by atoms with Crippen LogP contribution in [-0.4, -0.2) is 61.2 Å². The van der Waals surface area contributed by atoms with Gasteiger partial charge in [-0.2, -0.15) is 0 Å². The van der Waals surface area contributed by atoms with Gasteiger partial charge in [-0.3, -0.25) is 4.90 Å². The second kappa shape index (κ2) is 8.93. The van der Waals surface area contributed by atoms with Gasteiger partial charge in [-0.1, -0.05) is 13.8 Å². The van der Waals surface area contributed by atoms with E-state index in [0.29, 0.717) is 12.1 Å². The van der Waals surface area contributed by atoms with E-state index in [-0.39, 0.29) is 0 Å². The highest BCUT2D eigenvalue weighted by Gasteiger charge is 2.25. The van der Waals surface area contributed by atoms with E-state index in [1.165, 1.54) is 51.9 Å². The third-order valence-electron chi connectivity index (χ3n) is 4.64. The predicted molar refractivity (Wildman–Crippen MR) is 84.7 cm³/mol. The molecule has 0 amide bonds. The Labute approximate surface area is 120 Å². The van der Waals surface area contributed by atoms with Crippen LogP contribution in [0.1, 0.15) is 53.4 Å². The lowest BCUT2D eigenvalue weighted by Gasteiger charge is -2.42. The normalized spacial score (nSPS) is 27.6. The number of hydrogen-bond acceptors (Lipinski definition) is 3. The Kier molecular flexibility index (Phi) is 7.96. The Morgan fingerprint density at radius 3 is 2.32 bits per heavy atom. The number of piperazine rings is 1. The molecule has 0 aromatic rings. The maximum absolute atomic E-state index is 3.65. The highest BCUT2D eigenvalue weighted by atomic mass is 15.3. The highest BCUT2D eigenvalue weighted by Crippen LogP contribution is 2.14. The molecule has 1 saturated heterocycles. The minimum Gasteiger partial charge on any atom is -0.314 e. The summed E-state index contributed by atoms with van der Waals surface area (Å²) in [5.41, 5.74) is 0. The first-order chi connectivity index (χ1) is 9.08. The van der Waals surface area contributed by atoms with Crippen molar-refractivity contribution in [2.24, 2.45) is 0 Å². The van der Waals surface area contributed by atoms with Gasteiger partial charge in [0.1, 0.15) is 0 Å². The number of hydrogen-bond donors (Lipinski definition) is 1. The summed E-state index contributed by atoms with van der Waals surface area (Å²) in [4.78, 5) is 5.16. The summed E-state index contributed by atoms with van der Waals surface area (Å²) in [5, 5.41) is 3.65. The topological polar surface area (TPSA) is 18.5 Å². The molecule has 0 bridgehead atoms. The molecule has 1 rings (SSSR count). The van der Waals surface area contributed by atoms with E-state index in [4.69, 9.17) is 0 Å². The zero-order chi connectivity index (χ0) is 14.3. The Morgan fingerprint density at radius 2 is 1.79 bits per heavy atom. The van der Waals surface area contributed by atoms with E-state index < -0.39 is 0 Å². The molecule has 0 radical (unpaired) electrons. The van der Waals surface area contributed by atoms with Crippen LogP contribution >= 0.6 is 0 Å². The molecule has 3 unspecified atom stereocenters. The fourth-order valence-electron chi connectivity index (χ4n) is 3.06. The average molecular weight is 269 g/mol. The molecule has 0 aliphatic carbocycles. The van der Waals surface area contributed by atoms with Crippen LogP contribution in [0, 0.1) is 0 Å². The molecule has 1 heterocycles. The largest absolute Gasteiger partial charge is 0.314 e. The van der Waals surface area contributed by atoms with Crippen LogP contribution in [0.3, 0.4) is 0 Å². The van der Waals surface area contributed by atoms with Crippen LogP contribution in [0.15, 0.2) is 0 Å². The third-order valence-corrected chi connectivity index (χ3v) is 4.64. The second-order valence-corrected chi connectivity index (χ2v) is 6.32. The average Bonchev–Trinajstić information content (AvgIpc) is 2.39. The first-order valence-corrected chi connectivity index (χ1v) is 8.26. The molecule has 0 saturated carbocycles. The van der Waals surface area contributed by atoms with Crippen molar-refractivity contribution >= 4 is 0 Å². The Morgan fingerprint density at radius 1 is 1.16 bits per heavy atom. The van der Waals surface area contributed by atoms with E-state index in [0.717, 1.165) is 6.04 Å². The number of rotatable bonds is 8. The van der Waals surface area contributed by atoms with E-state index in [1.807, 2.05) is 0 Å². The SMILES string of the molecule is CCCNC(CC)CCCN1CC(C)N(C)C(C)C1. The summed E-state index contributed by atoms with van der Waals surface area (Å²) in [6.45, 7) is 14.1. The Bertz CT molecular complexity index is 220. The van der Waals surface area contributed by atoms with Crippen molar-refractivity contribution < 1.29 is 0 Å². The second-order valence-electron chi connectivity index (χ2n) is 6.32. The number of likely N-dealkylation sites (N-methyl/N-ethyl adjacent to an activating group) is 1. The number of nitrogens with zero attached hydrogens (tertiary/aromatic N) is 2. The zero-order valence-electron chi connectivity index (χ0n) is 13.8. The molecule has 19 heavy (non-hydrogen) atoms. The standard InChI is InChI=1S/C16H35N3/c1-6-10-17-16(7-2)9-8-11-19-12-14(3)18(5)15(4)13-19/h14-17H,6-13H2,1-5H3. The van der Waals surface area contributed by atoms with Gasteiger partial charge in [0.25, 0.3) is 0 Å². The van der Waals surface area contributed by atoms with Crippen LogP contribution in [0.4, 0.5) is 0 Å². The fourth-order valence-corrected chi connectivity index (χ4v) is 3.06. The molecule has 114 valence electrons. The zero-order valence-corrected chi connectivity index (χ0v) is 13.8. The van der Waals surface area contributed by atoms with E-state index in [2.05, 4.69) is 49.9 Å². The van der Waals surface area contributed by atoms with Crippen LogP contribution < -0.4 is 5.32 Å². The fraction of sp³-hybridized carbons (Fsp3) is 1.00. The molecule has 3 nitrogen and oxygen atoms in total. The van der Waals surface area contributed by atoms with Crippen molar-refractivity contribution in [3.8, 4) is 0 Å². The maximum Gasteiger partial charge on any atom is 0.0195 e. The van der Waals surface area contributed by atoms with Crippen molar-refractivity contribution in [3.05, 3.63) is 0 Å². The lowest BCUT2D eigenvalue weighted by molar-refractivity contribution is 0.0587. The van der Waals surface area contributed by atoms with Crippen LogP contribution in [0.25, 0.3) is 0 Å². The minimum absolute atomic E-state index is 0.698. The molecule has 0 aromatic heterocycles. The van der Waals surface area contributed by atoms with E-state index >= 15 is 0 Å². The van der Waals surface area contributed by atoms with Gasteiger partial charge < -0.3 is 10.2 Å². The monoisotopic (exact) mass is 269 g/mol. The summed E-state index contributed by atoms with van der Waals surface area (Å²) < 4.78 is 0. The van der Waals surface area contributed by atoms with Gasteiger partial charge in [0.05, 0.1) is 0 Å². The predicted octanol–water partition coefficient (Wildman–Crippen LogP) is 2.57. The lowest BCUT2D eigenvalue weighted by atomic mass is 10.1. The first-order valence-electron chi connectivity index (χ1n) is 8.26. The van der Waals surface area contributed by atoms with Crippen molar-refractivity contribution in [1.82, 2.24) is 15.1 Å². The molecule has 1 aliphatic heterocycles. The molecule has 3 heteroatoms. The van der Waals surface area contributed by atoms with Crippen molar-refractivity contribution in [2.45, 2.75) is 71.5 Å². The van der Waals surface area contributed by atoms with Crippen LogP contribution in [0.5, 0.6) is 0 Å². The molecule has 0 spiro atoms. The summed E-state index contributed by atoms with van der Waals surface area (Å²) in [6.07, 6.45) is 5.16. The van der Waals surface area contributed by atoms with Crippen LogP contribution in [0.2, 0.25) is 0 Å². The lowest BCUT2D eigenvalue weighted by Crippen LogP contribution is -2.55. The molecular weight excluding hydrogens is 234 g/mol. The van der Waals surface area contributed by atoms with E-state index in [9.17, 15) is 0 Å². The van der Waals surface area contributed by atoms with Crippen molar-refractivity contribution in [2.75, 3.05) is 33.2 Å². The quantitative estimate of drug-likeness (QED) is 0.730. The Balaban J connectivity index is 2.21. The summed E-state index contributed by atoms with van der Waals surface area (Å²) in [5.74, 6) is 0. The summed E-state index contributed by atoms with van der Waals surface area (Å²) in [6, 6.07) is 2.12. The smallest absolute Gasteiger partial charge is 0.0195 e. The molecule has 1 fully saturated rings. The minimum atomic E-state index is 0.698. The summed E-state index contributed by atoms with van der Waals surface area (Å²) in [7, 11) is 2.26. The van der Waals surface area contributed by atoms with Crippen molar-refractivity contribution in [3.63, 3.8) is 0 Å². The molecule has 0 aromatic carbocycles. The van der Waals surface area contributed by atoms with Gasteiger partial charge >= 0.3 is 0 Å². The highest BCUT2D eigenvalue weighted by molar-refractivity contribution is 4.82. The molecular formula is C16H35N3. The maximum atomic E-state index is 3.65.